The zero-order chi connectivity index (χ0) is 19.3. The smallest absolute Gasteiger partial charge is 0.252 e. The summed E-state index contributed by atoms with van der Waals surface area (Å²) in [5, 5.41) is 12.6. The first kappa shape index (κ1) is 18.3. The normalized spacial score (nSPS) is 15.3. The van der Waals surface area contributed by atoms with Crippen molar-refractivity contribution in [2.45, 2.75) is 35.1 Å². The van der Waals surface area contributed by atoms with Gasteiger partial charge in [0.25, 0.3) is 5.91 Å². The number of carbonyl (C=O) groups excluding carboxylic acids is 1. The van der Waals surface area contributed by atoms with Gasteiger partial charge in [0.1, 0.15) is 6.07 Å². The van der Waals surface area contributed by atoms with Gasteiger partial charge in [-0.05, 0) is 54.7 Å². The lowest BCUT2D eigenvalue weighted by Gasteiger charge is -2.26. The topological polar surface area (TPSA) is 52.9 Å². The van der Waals surface area contributed by atoms with Crippen molar-refractivity contribution >= 4 is 17.7 Å². The van der Waals surface area contributed by atoms with Gasteiger partial charge < -0.3 is 5.32 Å². The molecule has 0 heterocycles. The van der Waals surface area contributed by atoms with Crippen LogP contribution >= 0.6 is 11.8 Å². The molecule has 0 fully saturated rings. The van der Waals surface area contributed by atoms with Crippen molar-refractivity contribution in [3.8, 4) is 6.07 Å². The van der Waals surface area contributed by atoms with E-state index in [0.717, 1.165) is 29.1 Å². The Labute approximate surface area is 169 Å². The molecule has 1 aliphatic rings. The summed E-state index contributed by atoms with van der Waals surface area (Å²) in [5.74, 6) is -0.0701. The highest BCUT2D eigenvalue weighted by atomic mass is 32.2. The molecule has 0 saturated carbocycles. The lowest BCUT2D eigenvalue weighted by molar-refractivity contribution is 0.0930. The van der Waals surface area contributed by atoms with Crippen LogP contribution in [0.15, 0.2) is 82.6 Å². The standard InChI is InChI=1S/C24H20N2OS/c25-16-18-9-2-5-14-22(18)28-23-15-6-4-12-20(23)24(27)26-21-13-7-10-17-8-1-3-11-19(17)21/h1-6,8-9,11-12,14-15,21H,7,10,13H2,(H,26,27)/t21-/m1/s1. The van der Waals surface area contributed by atoms with E-state index in [9.17, 15) is 10.1 Å². The molecular formula is C24H20N2OS. The van der Waals surface area contributed by atoms with E-state index >= 15 is 0 Å². The SMILES string of the molecule is N#Cc1ccccc1Sc1ccccc1C(=O)N[C@@H]1CCCc2ccccc21. The number of fused-ring (bicyclic) bond motifs is 1. The first-order valence-electron chi connectivity index (χ1n) is 9.41. The van der Waals surface area contributed by atoms with Gasteiger partial charge in [-0.15, -0.1) is 0 Å². The van der Waals surface area contributed by atoms with E-state index < -0.39 is 0 Å². The summed E-state index contributed by atoms with van der Waals surface area (Å²) in [7, 11) is 0. The highest BCUT2D eigenvalue weighted by Gasteiger charge is 2.23. The van der Waals surface area contributed by atoms with Crippen molar-refractivity contribution in [1.82, 2.24) is 5.32 Å². The van der Waals surface area contributed by atoms with E-state index in [2.05, 4.69) is 29.6 Å². The van der Waals surface area contributed by atoms with Crippen LogP contribution in [0.3, 0.4) is 0 Å². The van der Waals surface area contributed by atoms with Gasteiger partial charge >= 0.3 is 0 Å². The maximum Gasteiger partial charge on any atom is 0.252 e. The fourth-order valence-electron chi connectivity index (χ4n) is 3.65. The fourth-order valence-corrected chi connectivity index (χ4v) is 4.67. The quantitative estimate of drug-likeness (QED) is 0.645. The van der Waals surface area contributed by atoms with E-state index in [1.54, 1.807) is 6.07 Å². The number of nitrogens with zero attached hydrogens (tertiary/aromatic N) is 1. The summed E-state index contributed by atoms with van der Waals surface area (Å²) >= 11 is 1.46. The molecule has 0 aromatic heterocycles. The zero-order valence-corrected chi connectivity index (χ0v) is 16.2. The zero-order valence-electron chi connectivity index (χ0n) is 15.4. The Balaban J connectivity index is 1.59. The number of rotatable bonds is 4. The summed E-state index contributed by atoms with van der Waals surface area (Å²) in [4.78, 5) is 14.8. The molecule has 28 heavy (non-hydrogen) atoms. The third-order valence-electron chi connectivity index (χ3n) is 5.03. The van der Waals surface area contributed by atoms with Gasteiger partial charge in [-0.3, -0.25) is 4.79 Å². The second kappa shape index (κ2) is 8.33. The molecule has 0 radical (unpaired) electrons. The average Bonchev–Trinajstić information content (AvgIpc) is 2.75. The largest absolute Gasteiger partial charge is 0.345 e. The number of nitrogens with one attached hydrogen (secondary N) is 1. The van der Waals surface area contributed by atoms with Crippen LogP contribution in [-0.2, 0) is 6.42 Å². The van der Waals surface area contributed by atoms with Gasteiger partial charge in [0.05, 0.1) is 17.2 Å². The van der Waals surface area contributed by atoms with Crippen molar-refractivity contribution in [2.24, 2.45) is 0 Å². The molecule has 3 nitrogen and oxygen atoms in total. The van der Waals surface area contributed by atoms with E-state index in [1.807, 2.05) is 48.5 Å². The molecule has 3 aromatic carbocycles. The van der Waals surface area contributed by atoms with E-state index in [-0.39, 0.29) is 11.9 Å². The second-order valence-corrected chi connectivity index (χ2v) is 7.91. The molecule has 0 spiro atoms. The van der Waals surface area contributed by atoms with Crippen molar-refractivity contribution < 1.29 is 4.79 Å². The van der Waals surface area contributed by atoms with Gasteiger partial charge in [-0.2, -0.15) is 5.26 Å². The van der Waals surface area contributed by atoms with Crippen LogP contribution in [0.4, 0.5) is 0 Å². The molecule has 1 N–H and O–H groups in total. The summed E-state index contributed by atoms with van der Waals surface area (Å²) in [5.41, 5.74) is 3.80. The highest BCUT2D eigenvalue weighted by Crippen LogP contribution is 2.34. The average molecular weight is 385 g/mol. The number of hydrogen-bond acceptors (Lipinski definition) is 3. The summed E-state index contributed by atoms with van der Waals surface area (Å²) in [6.45, 7) is 0. The van der Waals surface area contributed by atoms with Gasteiger partial charge in [0.2, 0.25) is 0 Å². The van der Waals surface area contributed by atoms with E-state index in [4.69, 9.17) is 0 Å². The second-order valence-electron chi connectivity index (χ2n) is 6.82. The molecule has 1 atom stereocenters. The maximum absolute atomic E-state index is 13.1. The van der Waals surface area contributed by atoms with Gasteiger partial charge in [0, 0.05) is 9.79 Å². The maximum atomic E-state index is 13.1. The fraction of sp³-hybridized carbons (Fsp3) is 0.167. The lowest BCUT2D eigenvalue weighted by atomic mass is 9.87. The molecule has 1 aliphatic carbocycles. The third-order valence-corrected chi connectivity index (χ3v) is 6.19. The van der Waals surface area contributed by atoms with Crippen LogP contribution in [0.2, 0.25) is 0 Å². The van der Waals surface area contributed by atoms with Gasteiger partial charge in [0.15, 0.2) is 0 Å². The van der Waals surface area contributed by atoms with Crippen molar-refractivity contribution in [2.75, 3.05) is 0 Å². The van der Waals surface area contributed by atoms with E-state index in [0.29, 0.717) is 11.1 Å². The molecule has 0 aliphatic heterocycles. The lowest BCUT2D eigenvalue weighted by Crippen LogP contribution is -2.31. The minimum absolute atomic E-state index is 0.0434. The monoisotopic (exact) mass is 384 g/mol. The minimum atomic E-state index is -0.0701. The van der Waals surface area contributed by atoms with Crippen LogP contribution in [0.5, 0.6) is 0 Å². The number of hydrogen-bond donors (Lipinski definition) is 1. The van der Waals surface area contributed by atoms with Crippen molar-refractivity contribution in [1.29, 1.82) is 5.26 Å². The van der Waals surface area contributed by atoms with Crippen LogP contribution in [0.1, 0.15) is 45.9 Å². The number of amides is 1. The summed E-state index contributed by atoms with van der Waals surface area (Å²) < 4.78 is 0. The predicted octanol–water partition coefficient (Wildman–Crippen LogP) is 5.52. The predicted molar refractivity (Wildman–Crippen MR) is 111 cm³/mol. The molecule has 4 heteroatoms. The molecule has 4 rings (SSSR count). The Morgan fingerprint density at radius 1 is 0.964 bits per heavy atom. The van der Waals surface area contributed by atoms with Crippen LogP contribution in [0, 0.1) is 11.3 Å². The van der Waals surface area contributed by atoms with Crippen LogP contribution < -0.4 is 5.32 Å². The number of aryl methyl sites for hydroxylation is 1. The molecule has 0 saturated heterocycles. The Bertz CT molecular complexity index is 1050. The molecular weight excluding hydrogens is 364 g/mol. The van der Waals surface area contributed by atoms with Crippen molar-refractivity contribution in [3.05, 3.63) is 95.1 Å². The summed E-state index contributed by atoms with van der Waals surface area (Å²) in [6.07, 6.45) is 3.10. The Morgan fingerprint density at radius 2 is 1.68 bits per heavy atom. The minimum Gasteiger partial charge on any atom is -0.345 e. The molecule has 138 valence electrons. The van der Waals surface area contributed by atoms with Gasteiger partial charge in [-0.1, -0.05) is 60.3 Å². The van der Waals surface area contributed by atoms with Crippen LogP contribution in [-0.4, -0.2) is 5.91 Å². The van der Waals surface area contributed by atoms with E-state index in [1.165, 1.54) is 22.9 Å². The van der Waals surface area contributed by atoms with Crippen molar-refractivity contribution in [3.63, 3.8) is 0 Å². The first-order valence-corrected chi connectivity index (χ1v) is 10.2. The van der Waals surface area contributed by atoms with Crippen LogP contribution in [0.25, 0.3) is 0 Å². The molecule has 0 unspecified atom stereocenters. The number of benzene rings is 3. The Hall–Kier alpha value is -3.03. The Morgan fingerprint density at radius 3 is 2.54 bits per heavy atom. The molecule has 1 amide bonds. The Kier molecular flexibility index (Phi) is 5.45. The molecule has 3 aromatic rings. The molecule has 0 bridgehead atoms. The first-order chi connectivity index (χ1) is 13.8. The highest BCUT2D eigenvalue weighted by molar-refractivity contribution is 7.99. The summed E-state index contributed by atoms with van der Waals surface area (Å²) in [6, 6.07) is 25.7. The number of carbonyl (C=O) groups is 1. The third kappa shape index (κ3) is 3.81. The van der Waals surface area contributed by atoms with Gasteiger partial charge in [-0.25, -0.2) is 0 Å². The number of nitriles is 1.